The zero-order chi connectivity index (χ0) is 17.0. The number of carbonyl (C=O) groups excluding carboxylic acids is 1. The van der Waals surface area contributed by atoms with Gasteiger partial charge in [-0.25, -0.2) is 9.59 Å². The van der Waals surface area contributed by atoms with Gasteiger partial charge in [-0.1, -0.05) is 49.6 Å². The minimum Gasteiger partial charge on any atom is -0.478 e. The molecule has 1 aromatic rings. The SMILES string of the molecule is C=C(C)C(=O)OCCO.C=C(C=Cc1ccccc1)C(=O)O. The van der Waals surface area contributed by atoms with Gasteiger partial charge in [0.25, 0.3) is 0 Å². The molecule has 0 fully saturated rings. The smallest absolute Gasteiger partial charge is 0.335 e. The van der Waals surface area contributed by atoms with Gasteiger partial charge in [-0.05, 0) is 18.6 Å². The summed E-state index contributed by atoms with van der Waals surface area (Å²) in [7, 11) is 0. The van der Waals surface area contributed by atoms with Crippen LogP contribution in [0, 0.1) is 0 Å². The zero-order valence-electron chi connectivity index (χ0n) is 12.5. The van der Waals surface area contributed by atoms with Crippen LogP contribution in [0.1, 0.15) is 12.5 Å². The Morgan fingerprint density at radius 2 is 1.82 bits per heavy atom. The number of esters is 1. The molecule has 1 aromatic carbocycles. The van der Waals surface area contributed by atoms with Gasteiger partial charge in [-0.15, -0.1) is 0 Å². The first-order chi connectivity index (χ1) is 10.4. The third-order valence-electron chi connectivity index (χ3n) is 2.22. The summed E-state index contributed by atoms with van der Waals surface area (Å²) in [5, 5.41) is 16.7. The highest BCUT2D eigenvalue weighted by Gasteiger charge is 2.00. The Balaban J connectivity index is 0.000000433. The molecule has 0 aliphatic carbocycles. The monoisotopic (exact) mass is 304 g/mol. The number of benzene rings is 1. The van der Waals surface area contributed by atoms with Crippen molar-refractivity contribution >= 4 is 18.0 Å². The molecule has 0 amide bonds. The molecule has 0 radical (unpaired) electrons. The lowest BCUT2D eigenvalue weighted by atomic mass is 10.2. The lowest BCUT2D eigenvalue weighted by Crippen LogP contribution is -2.08. The molecule has 2 N–H and O–H groups in total. The molecular formula is C17H20O5. The van der Waals surface area contributed by atoms with Gasteiger partial charge in [0.15, 0.2) is 0 Å². The maximum absolute atomic E-state index is 10.5. The summed E-state index contributed by atoms with van der Waals surface area (Å²) in [5.74, 6) is -1.45. The Hall–Kier alpha value is -2.66. The molecule has 0 saturated carbocycles. The first-order valence-electron chi connectivity index (χ1n) is 6.47. The number of carboxylic acids is 1. The van der Waals surface area contributed by atoms with E-state index in [1.165, 1.54) is 6.08 Å². The molecule has 0 aliphatic heterocycles. The van der Waals surface area contributed by atoms with E-state index >= 15 is 0 Å². The van der Waals surface area contributed by atoms with Gasteiger partial charge in [0.1, 0.15) is 6.61 Å². The number of hydrogen-bond acceptors (Lipinski definition) is 4. The van der Waals surface area contributed by atoms with Crippen molar-refractivity contribution in [3.8, 4) is 0 Å². The van der Waals surface area contributed by atoms with Gasteiger partial charge in [-0.3, -0.25) is 0 Å². The van der Waals surface area contributed by atoms with Crippen molar-refractivity contribution in [2.45, 2.75) is 6.92 Å². The highest BCUT2D eigenvalue weighted by molar-refractivity contribution is 5.90. The van der Waals surface area contributed by atoms with Crippen molar-refractivity contribution in [3.05, 3.63) is 66.3 Å². The molecule has 0 bridgehead atoms. The lowest BCUT2D eigenvalue weighted by molar-refractivity contribution is -0.139. The molecule has 0 aliphatic rings. The number of aliphatic carboxylic acids is 1. The lowest BCUT2D eigenvalue weighted by Gasteiger charge is -1.99. The molecule has 0 saturated heterocycles. The average molecular weight is 304 g/mol. The van der Waals surface area contributed by atoms with Crippen LogP contribution >= 0.6 is 0 Å². The van der Waals surface area contributed by atoms with Crippen LogP contribution in [-0.4, -0.2) is 35.4 Å². The van der Waals surface area contributed by atoms with E-state index in [4.69, 9.17) is 10.2 Å². The predicted octanol–water partition coefficient (Wildman–Crippen LogP) is 2.44. The Morgan fingerprint density at radius 3 is 2.27 bits per heavy atom. The number of aliphatic hydroxyl groups excluding tert-OH is 1. The van der Waals surface area contributed by atoms with E-state index in [1.54, 1.807) is 13.0 Å². The van der Waals surface area contributed by atoms with Crippen LogP contribution in [0.25, 0.3) is 6.08 Å². The van der Waals surface area contributed by atoms with Gasteiger partial charge in [-0.2, -0.15) is 0 Å². The second-order valence-corrected chi connectivity index (χ2v) is 4.21. The molecule has 0 spiro atoms. The second kappa shape index (κ2) is 11.0. The molecule has 0 heterocycles. The quantitative estimate of drug-likeness (QED) is 0.479. The highest BCUT2D eigenvalue weighted by Crippen LogP contribution is 2.03. The van der Waals surface area contributed by atoms with Gasteiger partial charge >= 0.3 is 11.9 Å². The van der Waals surface area contributed by atoms with E-state index in [9.17, 15) is 9.59 Å². The highest BCUT2D eigenvalue weighted by atomic mass is 16.5. The number of ether oxygens (including phenoxy) is 1. The van der Waals surface area contributed by atoms with Crippen LogP contribution in [-0.2, 0) is 14.3 Å². The zero-order valence-corrected chi connectivity index (χ0v) is 12.5. The van der Waals surface area contributed by atoms with Crippen LogP contribution in [0.2, 0.25) is 0 Å². The standard InChI is InChI=1S/C11H10O2.C6H10O3/c1-9(11(12)13)7-8-10-5-3-2-4-6-10;1-5(2)6(8)9-4-3-7/h2-8H,1H2,(H,12,13);7H,1,3-4H2,2H3. The molecule has 118 valence electrons. The fourth-order valence-corrected chi connectivity index (χ4v) is 1.09. The summed E-state index contributed by atoms with van der Waals surface area (Å²) in [6, 6.07) is 9.48. The third kappa shape index (κ3) is 9.28. The van der Waals surface area contributed by atoms with Crippen molar-refractivity contribution in [1.29, 1.82) is 0 Å². The van der Waals surface area contributed by atoms with Crippen LogP contribution in [0.3, 0.4) is 0 Å². The maximum Gasteiger partial charge on any atom is 0.335 e. The summed E-state index contributed by atoms with van der Waals surface area (Å²) >= 11 is 0. The third-order valence-corrected chi connectivity index (χ3v) is 2.22. The van der Waals surface area contributed by atoms with Crippen LogP contribution in [0.4, 0.5) is 0 Å². The van der Waals surface area contributed by atoms with E-state index in [0.29, 0.717) is 5.57 Å². The van der Waals surface area contributed by atoms with E-state index in [-0.39, 0.29) is 18.8 Å². The van der Waals surface area contributed by atoms with Crippen molar-refractivity contribution < 1.29 is 24.5 Å². The number of carboxylic acid groups (broad SMARTS) is 1. The number of hydrogen-bond donors (Lipinski definition) is 2. The number of aliphatic hydroxyl groups is 1. The molecule has 5 nitrogen and oxygen atoms in total. The summed E-state index contributed by atoms with van der Waals surface area (Å²) in [6.07, 6.45) is 3.20. The Labute approximate surface area is 129 Å². The van der Waals surface area contributed by atoms with Gasteiger partial charge in [0.05, 0.1) is 12.2 Å². The molecule has 1 rings (SSSR count). The molecule has 0 unspecified atom stereocenters. The van der Waals surface area contributed by atoms with Gasteiger partial charge in [0, 0.05) is 5.57 Å². The summed E-state index contributed by atoms with van der Waals surface area (Å²) in [6.45, 7) is 8.20. The normalized spacial score (nSPS) is 9.55. The Bertz CT molecular complexity index is 543. The largest absolute Gasteiger partial charge is 0.478 e. The van der Waals surface area contributed by atoms with Crippen LogP contribution in [0.15, 0.2) is 60.7 Å². The minimum atomic E-state index is -0.993. The van der Waals surface area contributed by atoms with Crippen LogP contribution in [0.5, 0.6) is 0 Å². The van der Waals surface area contributed by atoms with E-state index in [2.05, 4.69) is 17.9 Å². The molecule has 5 heteroatoms. The van der Waals surface area contributed by atoms with Crippen molar-refractivity contribution in [2.24, 2.45) is 0 Å². The molecular weight excluding hydrogens is 284 g/mol. The number of rotatable bonds is 6. The molecule has 0 atom stereocenters. The first kappa shape index (κ1) is 19.3. The van der Waals surface area contributed by atoms with Gasteiger partial charge < -0.3 is 14.9 Å². The van der Waals surface area contributed by atoms with Gasteiger partial charge in [0.2, 0.25) is 0 Å². The van der Waals surface area contributed by atoms with Crippen LogP contribution < -0.4 is 0 Å². The fourth-order valence-electron chi connectivity index (χ4n) is 1.09. The summed E-state index contributed by atoms with van der Waals surface area (Å²) in [5.41, 5.74) is 1.40. The minimum absolute atomic E-state index is 0.0473. The Morgan fingerprint density at radius 1 is 1.23 bits per heavy atom. The van der Waals surface area contributed by atoms with Crippen molar-refractivity contribution in [2.75, 3.05) is 13.2 Å². The molecule has 0 aromatic heterocycles. The fraction of sp³-hybridized carbons (Fsp3) is 0.176. The summed E-state index contributed by atoms with van der Waals surface area (Å²) < 4.78 is 4.46. The second-order valence-electron chi connectivity index (χ2n) is 4.21. The topological polar surface area (TPSA) is 83.8 Å². The number of carbonyl (C=O) groups is 2. The van der Waals surface area contributed by atoms with E-state index < -0.39 is 11.9 Å². The first-order valence-corrected chi connectivity index (χ1v) is 6.47. The van der Waals surface area contributed by atoms with E-state index in [0.717, 1.165) is 5.56 Å². The predicted molar refractivity (Wildman–Crippen MR) is 85.1 cm³/mol. The average Bonchev–Trinajstić information content (AvgIpc) is 2.51. The Kier molecular flexibility index (Phi) is 9.71. The maximum atomic E-state index is 10.5. The van der Waals surface area contributed by atoms with Crippen molar-refractivity contribution in [3.63, 3.8) is 0 Å². The molecule has 22 heavy (non-hydrogen) atoms. The van der Waals surface area contributed by atoms with Crippen molar-refractivity contribution in [1.82, 2.24) is 0 Å². The summed E-state index contributed by atoms with van der Waals surface area (Å²) in [4.78, 5) is 20.8. The van der Waals surface area contributed by atoms with E-state index in [1.807, 2.05) is 30.3 Å².